The summed E-state index contributed by atoms with van der Waals surface area (Å²) in [5.74, 6) is 0. The van der Waals surface area contributed by atoms with E-state index in [0.29, 0.717) is 0 Å². The van der Waals surface area contributed by atoms with E-state index in [4.69, 9.17) is 0 Å². The molecule has 0 fully saturated rings. The van der Waals surface area contributed by atoms with E-state index in [1.807, 2.05) is 16.7 Å². The monoisotopic (exact) mass is 352 g/mol. The SMILES string of the molecule is IPn1ccc(I)n1. The summed E-state index contributed by atoms with van der Waals surface area (Å²) in [6.45, 7) is 0. The largest absolute Gasteiger partial charge is 0.244 e. The maximum atomic E-state index is 4.14. The van der Waals surface area contributed by atoms with Gasteiger partial charge in [0.15, 0.2) is 0 Å². The predicted molar refractivity (Wildman–Crippen MR) is 52.7 cm³/mol. The average molecular weight is 352 g/mol. The van der Waals surface area contributed by atoms with Crippen molar-refractivity contribution in [3.8, 4) is 0 Å². The van der Waals surface area contributed by atoms with Crippen molar-refractivity contribution in [1.29, 1.82) is 0 Å². The molecule has 1 aromatic heterocycles. The maximum Gasteiger partial charge on any atom is 0.123 e. The van der Waals surface area contributed by atoms with Gasteiger partial charge in [-0.1, -0.05) is 0 Å². The normalized spacial score (nSPS) is 11.2. The summed E-state index contributed by atoms with van der Waals surface area (Å²) in [6, 6.07) is 1.99. The number of aromatic nitrogens is 2. The topological polar surface area (TPSA) is 17.8 Å². The van der Waals surface area contributed by atoms with E-state index in [-0.39, 0.29) is 0 Å². The van der Waals surface area contributed by atoms with Gasteiger partial charge in [-0.2, -0.15) is 5.10 Å². The van der Waals surface area contributed by atoms with Crippen LogP contribution in [0.4, 0.5) is 0 Å². The Kier molecular flexibility index (Phi) is 2.99. The van der Waals surface area contributed by atoms with Crippen LogP contribution < -0.4 is 0 Å². The van der Waals surface area contributed by atoms with Crippen molar-refractivity contribution in [2.45, 2.75) is 0 Å². The highest BCUT2D eigenvalue weighted by molar-refractivity contribution is 14.2. The van der Waals surface area contributed by atoms with Gasteiger partial charge in [0.1, 0.15) is 3.70 Å². The smallest absolute Gasteiger partial charge is 0.123 e. The minimum Gasteiger partial charge on any atom is -0.244 e. The van der Waals surface area contributed by atoms with Crippen molar-refractivity contribution in [3.63, 3.8) is 0 Å². The van der Waals surface area contributed by atoms with Gasteiger partial charge in [-0.15, -0.1) is 0 Å². The van der Waals surface area contributed by atoms with Crippen molar-refractivity contribution in [1.82, 2.24) is 9.55 Å². The third kappa shape index (κ3) is 1.80. The van der Waals surface area contributed by atoms with Gasteiger partial charge in [-0.25, -0.2) is 4.45 Å². The van der Waals surface area contributed by atoms with Crippen molar-refractivity contribution in [2.75, 3.05) is 0 Å². The van der Waals surface area contributed by atoms with Crippen molar-refractivity contribution < 1.29 is 0 Å². The summed E-state index contributed by atoms with van der Waals surface area (Å²) in [5, 5.41) is 4.14. The van der Waals surface area contributed by atoms with Crippen molar-refractivity contribution in [2.24, 2.45) is 0 Å². The zero-order chi connectivity index (χ0) is 5.98. The molecule has 0 aromatic carbocycles. The summed E-state index contributed by atoms with van der Waals surface area (Å²) in [5.41, 5.74) is 0. The minimum absolute atomic E-state index is 0.722. The first kappa shape index (κ1) is 7.21. The van der Waals surface area contributed by atoms with Crippen LogP contribution in [-0.2, 0) is 0 Å². The molecule has 0 radical (unpaired) electrons. The highest BCUT2D eigenvalue weighted by Gasteiger charge is 1.88. The van der Waals surface area contributed by atoms with E-state index < -0.39 is 0 Å². The van der Waals surface area contributed by atoms with Gasteiger partial charge in [0.2, 0.25) is 0 Å². The molecule has 0 saturated heterocycles. The van der Waals surface area contributed by atoms with Crippen LogP contribution in [0.3, 0.4) is 0 Å². The highest BCUT2D eigenvalue weighted by atomic mass is 127. The first-order valence-electron chi connectivity index (χ1n) is 1.91. The molecule has 0 aliphatic heterocycles. The zero-order valence-corrected chi connectivity index (χ0v) is 9.12. The number of rotatable bonds is 1. The number of halogens is 2. The lowest BCUT2D eigenvalue weighted by Crippen LogP contribution is -1.78. The Morgan fingerprint density at radius 1 is 1.75 bits per heavy atom. The second-order valence-corrected chi connectivity index (χ2v) is 4.35. The Hall–Kier alpha value is 1.10. The number of nitrogens with zero attached hydrogens (tertiary/aromatic N) is 2. The third-order valence-electron chi connectivity index (χ3n) is 0.643. The first-order valence-corrected chi connectivity index (χ1v) is 7.05. The van der Waals surface area contributed by atoms with E-state index in [0.717, 1.165) is 10.1 Å². The van der Waals surface area contributed by atoms with Crippen LogP contribution in [0.25, 0.3) is 0 Å². The van der Waals surface area contributed by atoms with Gasteiger partial charge >= 0.3 is 0 Å². The van der Waals surface area contributed by atoms with E-state index in [2.05, 4.69) is 49.7 Å². The number of hydrogen-bond acceptors (Lipinski definition) is 1. The van der Waals surface area contributed by atoms with Crippen LogP contribution in [0.15, 0.2) is 12.3 Å². The molecule has 1 rings (SSSR count). The molecular formula is C3H3I2N2P. The van der Waals surface area contributed by atoms with Gasteiger partial charge in [-0.05, 0) is 50.7 Å². The molecule has 44 valence electrons. The Morgan fingerprint density at radius 3 is 2.75 bits per heavy atom. The van der Waals surface area contributed by atoms with E-state index in [1.54, 1.807) is 0 Å². The fraction of sp³-hybridized carbons (Fsp3) is 0. The van der Waals surface area contributed by atoms with E-state index in [1.165, 1.54) is 0 Å². The number of hydrogen-bond donors (Lipinski definition) is 0. The summed E-state index contributed by atoms with van der Waals surface area (Å²) in [4.78, 5) is 0. The predicted octanol–water partition coefficient (Wildman–Crippen LogP) is 2.28. The molecule has 1 aromatic rings. The standard InChI is InChI=1S/C3H3I2N2P/c4-3-1-2-7(6-3)8-5/h1-2,8H. The lowest BCUT2D eigenvalue weighted by molar-refractivity contribution is 0.993. The third-order valence-corrected chi connectivity index (χ3v) is 3.12. The fourth-order valence-corrected chi connectivity index (χ4v) is 2.03. The molecule has 0 amide bonds. The minimum atomic E-state index is 0.722. The molecule has 8 heavy (non-hydrogen) atoms. The van der Waals surface area contributed by atoms with Crippen LogP contribution in [-0.4, -0.2) is 9.55 Å². The lowest BCUT2D eigenvalue weighted by atomic mass is 10.8. The van der Waals surface area contributed by atoms with Crippen LogP contribution in [0.1, 0.15) is 0 Å². The molecule has 1 atom stereocenters. The lowest BCUT2D eigenvalue weighted by Gasteiger charge is -1.86. The molecule has 0 aliphatic rings. The molecule has 0 N–H and O–H groups in total. The molecule has 1 heterocycles. The van der Waals surface area contributed by atoms with Crippen molar-refractivity contribution in [3.05, 3.63) is 16.0 Å². The quantitative estimate of drug-likeness (QED) is 0.560. The summed E-state index contributed by atoms with van der Waals surface area (Å²) < 4.78 is 2.98. The Labute approximate surface area is 75.9 Å². The Balaban J connectivity index is 2.84. The van der Waals surface area contributed by atoms with Gasteiger partial charge in [0.05, 0.1) is 6.37 Å². The molecular weight excluding hydrogens is 349 g/mol. The molecule has 0 bridgehead atoms. The molecule has 0 saturated carbocycles. The Morgan fingerprint density at radius 2 is 2.50 bits per heavy atom. The van der Waals surface area contributed by atoms with Gasteiger partial charge in [-0.3, -0.25) is 0 Å². The fourth-order valence-electron chi connectivity index (χ4n) is 0.349. The van der Waals surface area contributed by atoms with Crippen LogP contribution in [0.2, 0.25) is 0 Å². The highest BCUT2D eigenvalue weighted by Crippen LogP contribution is 2.22. The molecule has 1 unspecified atom stereocenters. The van der Waals surface area contributed by atoms with Gasteiger partial charge in [0.25, 0.3) is 0 Å². The summed E-state index contributed by atoms with van der Waals surface area (Å²) in [6.07, 6.45) is 2.70. The Bertz CT molecular complexity index is 176. The second-order valence-electron chi connectivity index (χ2n) is 1.17. The summed E-state index contributed by atoms with van der Waals surface area (Å²) in [7, 11) is 0. The molecule has 0 aliphatic carbocycles. The van der Waals surface area contributed by atoms with Crippen molar-refractivity contribution >= 4 is 51.0 Å². The first-order chi connectivity index (χ1) is 3.83. The maximum absolute atomic E-state index is 4.14. The van der Waals surface area contributed by atoms with E-state index in [9.17, 15) is 0 Å². The van der Waals surface area contributed by atoms with Crippen LogP contribution in [0.5, 0.6) is 0 Å². The molecule has 2 nitrogen and oxygen atoms in total. The van der Waals surface area contributed by atoms with Crippen LogP contribution >= 0.6 is 51.0 Å². The average Bonchev–Trinajstić information content (AvgIpc) is 2.14. The second kappa shape index (κ2) is 3.31. The van der Waals surface area contributed by atoms with E-state index >= 15 is 0 Å². The van der Waals surface area contributed by atoms with Crippen LogP contribution in [0, 0.1) is 3.70 Å². The van der Waals surface area contributed by atoms with Gasteiger partial charge < -0.3 is 0 Å². The molecule has 5 heteroatoms. The van der Waals surface area contributed by atoms with Gasteiger partial charge in [0, 0.05) is 6.20 Å². The summed E-state index contributed by atoms with van der Waals surface area (Å²) >= 11 is 4.48. The molecule has 0 spiro atoms. The zero-order valence-electron chi connectivity index (χ0n) is 3.81.